The normalized spacial score (nSPS) is 10.8. The Bertz CT molecular complexity index is 563. The van der Waals surface area contributed by atoms with Gasteiger partial charge >= 0.3 is 0 Å². The average Bonchev–Trinajstić information content (AvgIpc) is 2.84. The van der Waals surface area contributed by atoms with Crippen LogP contribution in [0.1, 0.15) is 42.7 Å². The van der Waals surface area contributed by atoms with Gasteiger partial charge in [0.15, 0.2) is 5.13 Å². The van der Waals surface area contributed by atoms with E-state index in [1.807, 2.05) is 6.20 Å². The van der Waals surface area contributed by atoms with E-state index in [9.17, 15) is 0 Å². The molecule has 1 N–H and O–H groups in total. The van der Waals surface area contributed by atoms with Crippen molar-refractivity contribution >= 4 is 16.5 Å². The molecular formula is C16H22N2OS. The summed E-state index contributed by atoms with van der Waals surface area (Å²) >= 11 is 1.64. The monoisotopic (exact) mass is 290 g/mol. The molecule has 3 nitrogen and oxygen atoms in total. The van der Waals surface area contributed by atoms with Crippen molar-refractivity contribution in [3.63, 3.8) is 0 Å². The summed E-state index contributed by atoms with van der Waals surface area (Å²) in [5, 5.41) is 4.16. The van der Waals surface area contributed by atoms with Gasteiger partial charge in [-0.25, -0.2) is 4.98 Å². The Kier molecular flexibility index (Phi) is 5.01. The fourth-order valence-corrected chi connectivity index (χ4v) is 2.94. The van der Waals surface area contributed by atoms with Crippen LogP contribution in [-0.2, 0) is 6.61 Å². The van der Waals surface area contributed by atoms with Gasteiger partial charge in [-0.1, -0.05) is 31.3 Å². The molecular weight excluding hydrogens is 268 g/mol. The summed E-state index contributed by atoms with van der Waals surface area (Å²) < 4.78 is 5.84. The third-order valence-electron chi connectivity index (χ3n) is 3.13. The molecule has 0 bridgehead atoms. The summed E-state index contributed by atoms with van der Waals surface area (Å²) in [5.41, 5.74) is 2.67. The van der Waals surface area contributed by atoms with E-state index in [1.165, 1.54) is 11.1 Å². The van der Waals surface area contributed by atoms with Crippen LogP contribution in [0.25, 0.3) is 0 Å². The van der Waals surface area contributed by atoms with Gasteiger partial charge in [0, 0.05) is 12.7 Å². The van der Waals surface area contributed by atoms with Gasteiger partial charge < -0.3 is 10.1 Å². The van der Waals surface area contributed by atoms with Crippen LogP contribution < -0.4 is 10.1 Å². The number of ether oxygens (including phenoxy) is 1. The SMILES string of the molecule is CCNc1ncc(COc2ccc(C(C)C)c(C)c2)s1. The first-order valence-electron chi connectivity index (χ1n) is 7.02. The van der Waals surface area contributed by atoms with Gasteiger partial charge in [0.05, 0.1) is 4.88 Å². The molecule has 0 radical (unpaired) electrons. The maximum absolute atomic E-state index is 5.84. The van der Waals surface area contributed by atoms with Crippen LogP contribution in [0.3, 0.4) is 0 Å². The molecule has 0 fully saturated rings. The summed E-state index contributed by atoms with van der Waals surface area (Å²) in [6.45, 7) is 10.1. The summed E-state index contributed by atoms with van der Waals surface area (Å²) in [7, 11) is 0. The van der Waals surface area contributed by atoms with Crippen molar-refractivity contribution in [2.24, 2.45) is 0 Å². The van der Waals surface area contributed by atoms with E-state index >= 15 is 0 Å². The van der Waals surface area contributed by atoms with Crippen LogP contribution >= 0.6 is 11.3 Å². The van der Waals surface area contributed by atoms with Crippen molar-refractivity contribution in [3.8, 4) is 5.75 Å². The van der Waals surface area contributed by atoms with Crippen molar-refractivity contribution < 1.29 is 4.74 Å². The molecule has 0 aliphatic heterocycles. The van der Waals surface area contributed by atoms with Gasteiger partial charge in [0.2, 0.25) is 0 Å². The zero-order chi connectivity index (χ0) is 14.5. The number of rotatable bonds is 6. The number of hydrogen-bond acceptors (Lipinski definition) is 4. The van der Waals surface area contributed by atoms with Crippen LogP contribution in [0.4, 0.5) is 5.13 Å². The number of aromatic nitrogens is 1. The van der Waals surface area contributed by atoms with Gasteiger partial charge in [0.25, 0.3) is 0 Å². The van der Waals surface area contributed by atoms with Crippen molar-refractivity contribution in [1.29, 1.82) is 0 Å². The molecule has 1 heterocycles. The van der Waals surface area contributed by atoms with Crippen molar-refractivity contribution in [2.75, 3.05) is 11.9 Å². The zero-order valence-electron chi connectivity index (χ0n) is 12.6. The Hall–Kier alpha value is -1.55. The second kappa shape index (κ2) is 6.75. The largest absolute Gasteiger partial charge is 0.488 e. The highest BCUT2D eigenvalue weighted by Crippen LogP contribution is 2.25. The lowest BCUT2D eigenvalue weighted by Gasteiger charge is -2.12. The van der Waals surface area contributed by atoms with Gasteiger partial charge in [-0.3, -0.25) is 0 Å². The fourth-order valence-electron chi connectivity index (χ4n) is 2.15. The van der Waals surface area contributed by atoms with E-state index in [0.717, 1.165) is 22.3 Å². The van der Waals surface area contributed by atoms with E-state index in [-0.39, 0.29) is 0 Å². The van der Waals surface area contributed by atoms with E-state index in [1.54, 1.807) is 11.3 Å². The number of aryl methyl sites for hydroxylation is 1. The smallest absolute Gasteiger partial charge is 0.182 e. The quantitative estimate of drug-likeness (QED) is 0.845. The Balaban J connectivity index is 1.98. The summed E-state index contributed by atoms with van der Waals surface area (Å²) in [5.74, 6) is 1.47. The number of thiazole rings is 1. The molecule has 0 aliphatic carbocycles. The zero-order valence-corrected chi connectivity index (χ0v) is 13.4. The third kappa shape index (κ3) is 3.73. The molecule has 0 spiro atoms. The maximum Gasteiger partial charge on any atom is 0.182 e. The lowest BCUT2D eigenvalue weighted by atomic mass is 9.98. The Morgan fingerprint density at radius 2 is 2.15 bits per heavy atom. The molecule has 0 amide bonds. The first-order valence-corrected chi connectivity index (χ1v) is 7.83. The summed E-state index contributed by atoms with van der Waals surface area (Å²) in [6, 6.07) is 6.32. The second-order valence-corrected chi connectivity index (χ2v) is 6.24. The second-order valence-electron chi connectivity index (χ2n) is 5.12. The summed E-state index contributed by atoms with van der Waals surface area (Å²) in [6.07, 6.45) is 1.87. The van der Waals surface area contributed by atoms with E-state index in [4.69, 9.17) is 4.74 Å². The highest BCUT2D eigenvalue weighted by atomic mass is 32.1. The molecule has 108 valence electrons. The number of benzene rings is 1. The highest BCUT2D eigenvalue weighted by molar-refractivity contribution is 7.15. The first-order chi connectivity index (χ1) is 9.60. The molecule has 0 atom stereocenters. The molecule has 0 saturated heterocycles. The minimum atomic E-state index is 0.549. The van der Waals surface area contributed by atoms with Crippen LogP contribution in [0.5, 0.6) is 5.75 Å². The van der Waals surface area contributed by atoms with Crippen LogP contribution in [0.15, 0.2) is 24.4 Å². The molecule has 0 saturated carbocycles. The van der Waals surface area contributed by atoms with E-state index in [0.29, 0.717) is 12.5 Å². The number of nitrogens with one attached hydrogen (secondary N) is 1. The Labute approximate surface area is 125 Å². The fraction of sp³-hybridized carbons (Fsp3) is 0.438. The molecule has 2 aromatic rings. The topological polar surface area (TPSA) is 34.2 Å². The van der Waals surface area contributed by atoms with E-state index < -0.39 is 0 Å². The van der Waals surface area contributed by atoms with Gasteiger partial charge in [0.1, 0.15) is 12.4 Å². The number of nitrogens with zero attached hydrogens (tertiary/aromatic N) is 1. The standard InChI is InChI=1S/C16H22N2OS/c1-5-17-16-18-9-14(20-16)10-19-13-6-7-15(11(2)3)12(4)8-13/h6-9,11H,5,10H2,1-4H3,(H,17,18). The highest BCUT2D eigenvalue weighted by Gasteiger charge is 2.06. The van der Waals surface area contributed by atoms with Gasteiger partial charge in [-0.05, 0) is 43.0 Å². The van der Waals surface area contributed by atoms with E-state index in [2.05, 4.69) is 56.2 Å². The lowest BCUT2D eigenvalue weighted by Crippen LogP contribution is -1.96. The predicted octanol–water partition coefficient (Wildman–Crippen LogP) is 4.59. The minimum Gasteiger partial charge on any atom is -0.488 e. The van der Waals surface area contributed by atoms with Crippen LogP contribution in [0, 0.1) is 6.92 Å². The maximum atomic E-state index is 5.84. The molecule has 2 rings (SSSR count). The third-order valence-corrected chi connectivity index (χ3v) is 4.05. The molecule has 0 aliphatic rings. The minimum absolute atomic E-state index is 0.549. The molecule has 1 aromatic heterocycles. The van der Waals surface area contributed by atoms with Gasteiger partial charge in [-0.2, -0.15) is 0 Å². The summed E-state index contributed by atoms with van der Waals surface area (Å²) in [4.78, 5) is 5.43. The van der Waals surface area contributed by atoms with Gasteiger partial charge in [-0.15, -0.1) is 0 Å². The number of hydrogen-bond donors (Lipinski definition) is 1. The predicted molar refractivity (Wildman–Crippen MR) is 85.9 cm³/mol. The number of anilines is 1. The molecule has 1 aromatic carbocycles. The average molecular weight is 290 g/mol. The first kappa shape index (κ1) is 14.9. The Morgan fingerprint density at radius 3 is 2.80 bits per heavy atom. The van der Waals surface area contributed by atoms with Crippen molar-refractivity contribution in [1.82, 2.24) is 4.98 Å². The lowest BCUT2D eigenvalue weighted by molar-refractivity contribution is 0.309. The van der Waals surface area contributed by atoms with Crippen molar-refractivity contribution in [3.05, 3.63) is 40.4 Å². The Morgan fingerprint density at radius 1 is 1.35 bits per heavy atom. The molecule has 4 heteroatoms. The van der Waals surface area contributed by atoms with Crippen LogP contribution in [0.2, 0.25) is 0 Å². The van der Waals surface area contributed by atoms with Crippen LogP contribution in [-0.4, -0.2) is 11.5 Å². The van der Waals surface area contributed by atoms with Crippen molar-refractivity contribution in [2.45, 2.75) is 40.2 Å². The molecule has 0 unspecified atom stereocenters. The molecule has 20 heavy (non-hydrogen) atoms.